The Labute approximate surface area is 680 Å². The van der Waals surface area contributed by atoms with Crippen molar-refractivity contribution in [3.05, 3.63) is 214 Å². The first-order valence-corrected chi connectivity index (χ1v) is 40.4. The lowest BCUT2D eigenvalue weighted by molar-refractivity contribution is -0.385. The van der Waals surface area contributed by atoms with E-state index in [1.54, 1.807) is 74.4 Å². The topological polar surface area (TPSA) is 341 Å². The van der Waals surface area contributed by atoms with E-state index in [-0.39, 0.29) is 16.3 Å². The molecule has 584 valence electrons. The fourth-order valence-corrected chi connectivity index (χ4v) is 14.3. The van der Waals surface area contributed by atoms with E-state index in [0.29, 0.717) is 31.0 Å². The van der Waals surface area contributed by atoms with Crippen molar-refractivity contribution in [1.29, 1.82) is 0 Å². The number of benzene rings is 4. The molecule has 4 aliphatic carbocycles. The minimum absolute atomic E-state index is 0.122. The van der Waals surface area contributed by atoms with Crippen molar-refractivity contribution in [2.75, 3.05) is 118 Å². The number of nitrogen functional groups attached to an aromatic ring is 2. The number of non-ortho nitro benzene ring substituents is 2. The van der Waals surface area contributed by atoms with E-state index >= 15 is 0 Å². The minimum atomic E-state index is -0.405. The maximum atomic E-state index is 10.9. The largest absolute Gasteiger partial charge is 0.399 e. The number of piperazine rings is 3. The van der Waals surface area contributed by atoms with Gasteiger partial charge in [-0.15, -0.1) is 10.2 Å². The van der Waals surface area contributed by atoms with Gasteiger partial charge in [-0.1, -0.05) is 34.0 Å². The van der Waals surface area contributed by atoms with Gasteiger partial charge >= 0.3 is 0 Å². The molecule has 6 aromatic heterocycles. The number of halogens is 5. The number of nitro benzene ring substituents is 2. The second-order valence-electron chi connectivity index (χ2n) is 27.7. The summed E-state index contributed by atoms with van der Waals surface area (Å²) in [6, 6.07) is 26.6. The molecule has 0 bridgehead atoms. The summed E-state index contributed by atoms with van der Waals surface area (Å²) >= 11 is 17.9. The molecular weight excluding hydrogens is 1680 g/mol. The third-order valence-electron chi connectivity index (χ3n) is 18.8. The number of piperidine rings is 1. The lowest BCUT2D eigenvalue weighted by Gasteiger charge is -2.36. The maximum absolute atomic E-state index is 10.9. The third kappa shape index (κ3) is 28.9. The van der Waals surface area contributed by atoms with Crippen LogP contribution in [0, 0.1) is 47.9 Å². The maximum Gasteiger partial charge on any atom is 0.271 e. The molecule has 110 heavy (non-hydrogen) atoms. The Morgan fingerprint density at radius 3 is 1.09 bits per heavy atom. The van der Waals surface area contributed by atoms with Crippen molar-refractivity contribution in [3.63, 3.8) is 0 Å². The Bertz CT molecular complexity index is 4200. The van der Waals surface area contributed by atoms with Crippen LogP contribution in [0.4, 0.5) is 39.8 Å². The predicted molar refractivity (Wildman–Crippen MR) is 444 cm³/mol. The summed E-state index contributed by atoms with van der Waals surface area (Å²) in [7, 11) is 0. The number of aromatic amines is 1. The Morgan fingerprint density at radius 1 is 0.427 bits per heavy atom. The van der Waals surface area contributed by atoms with Gasteiger partial charge in [-0.3, -0.25) is 55.0 Å². The molecule has 0 radical (unpaired) electrons. The number of nitrogens with two attached hydrogens (primary N) is 2. The van der Waals surface area contributed by atoms with Gasteiger partial charge in [0.25, 0.3) is 11.4 Å². The number of nitrogens with zero attached hydrogens (tertiary/aromatic N) is 23. The predicted octanol–water partition coefficient (Wildman–Crippen LogP) is 13.5. The molecular formula is C75H95Br4ClN26O4. The van der Waals surface area contributed by atoms with Gasteiger partial charge in [0, 0.05) is 197 Å². The molecule has 30 nitrogen and oxygen atoms in total. The fraction of sp³-hybridized carbons (Fsp3) is 0.440. The van der Waals surface area contributed by atoms with E-state index in [2.05, 4.69) is 201 Å². The Kier molecular flexibility index (Phi) is 32.6. The summed E-state index contributed by atoms with van der Waals surface area (Å²) in [4.78, 5) is 72.9. The number of aromatic nitrogens is 15. The molecule has 4 aromatic carbocycles. The zero-order valence-electron chi connectivity index (χ0n) is 62.3. The van der Waals surface area contributed by atoms with E-state index in [1.165, 1.54) is 166 Å². The van der Waals surface area contributed by atoms with E-state index in [1.807, 2.05) is 38.1 Å². The average molecular weight is 1780 g/mol. The second-order valence-corrected chi connectivity index (χ2v) is 31.1. The Morgan fingerprint density at radius 2 is 0.800 bits per heavy atom. The van der Waals surface area contributed by atoms with E-state index in [0.717, 1.165) is 109 Å². The molecule has 18 rings (SSSR count). The van der Waals surface area contributed by atoms with Crippen LogP contribution in [0.1, 0.15) is 92.9 Å². The highest BCUT2D eigenvalue weighted by Gasteiger charge is 2.34. The van der Waals surface area contributed by atoms with Gasteiger partial charge in [0.05, 0.1) is 28.4 Å². The number of aryl methyl sites for hydroxylation is 4. The quantitative estimate of drug-likeness (QED) is 0.0615. The summed E-state index contributed by atoms with van der Waals surface area (Å²) in [5, 5.41) is 35.7. The molecule has 5 N–H and O–H groups in total. The number of likely N-dealkylation sites (tertiary alicyclic amines) is 1. The molecule has 35 heteroatoms. The molecule has 8 fully saturated rings. The first-order valence-electron chi connectivity index (χ1n) is 36.9. The summed E-state index contributed by atoms with van der Waals surface area (Å²) in [5.41, 5.74) is 21.8. The van der Waals surface area contributed by atoms with E-state index in [9.17, 15) is 20.2 Å². The summed E-state index contributed by atoms with van der Waals surface area (Å²) in [6.45, 7) is 24.2. The van der Waals surface area contributed by atoms with Gasteiger partial charge in [-0.05, 0) is 224 Å². The SMILES string of the molecule is Brc1ncn(-c2cnccn2)n1.Brc1ncn(-c2cnccn2)n1.Brc1ncn[nH]1.C1CCN(C2CC2)CC1.Cc1cc(Br)cc([N+](=O)[O-])c1.Cc1cc(N)cc(N2CCN(C3CC3)CC2)c1.Cc1cc(N)cc(N2CCN(C3CC3)CC2)c1.Cc1cc(N2CCN(C3CC3)CC2)cc([N+](=O)[O-])c1.Clc1cnccn1. The van der Waals surface area contributed by atoms with Crippen molar-refractivity contribution in [3.8, 4) is 11.6 Å². The zero-order chi connectivity index (χ0) is 77.9. The van der Waals surface area contributed by atoms with Crippen molar-refractivity contribution in [2.24, 2.45) is 0 Å². The highest BCUT2D eigenvalue weighted by atomic mass is 79.9. The molecule has 0 amide bonds. The molecule has 0 atom stereocenters. The highest BCUT2D eigenvalue weighted by molar-refractivity contribution is 9.11. The van der Waals surface area contributed by atoms with Crippen LogP contribution in [-0.2, 0) is 0 Å². The van der Waals surface area contributed by atoms with Crippen molar-refractivity contribution >= 4 is 115 Å². The first kappa shape index (κ1) is 83.9. The molecule has 8 aliphatic rings. The standard InChI is InChI=1S/C14H19N3O2.2C14H21N3.C8H15N.C7H6BrNO2.2C6H4BrN5.C4H3ClN2.C2H2BrN3/c1-11-8-13(10-14(9-11)17(18)19)16-6-4-15(5-7-16)12-2-3-12;2*1-11-8-12(15)10-14(9-11)17-6-4-16(5-7-17)13-2-3-13;1-2-6-9(7-3-1)8-4-5-8;1-5-2-6(8)4-7(3-5)9(10)11;2*7-6-10-4-12(11-6)5-3-8-1-2-9-5;5-4-3-6-1-2-7-4;3-2-4-1-5-6-2/h8-10,12H,2-7H2,1H3;2*8-10,13H,2-7,15H2,1H3;8H,1-7H2;2-4H,1H3;2*1-4H;1-3H;1H,(H,4,5,6). The van der Waals surface area contributed by atoms with E-state index < -0.39 is 4.92 Å². The van der Waals surface area contributed by atoms with Crippen LogP contribution in [0.25, 0.3) is 11.6 Å². The highest BCUT2D eigenvalue weighted by Crippen LogP contribution is 2.34. The Hall–Kier alpha value is -8.61. The van der Waals surface area contributed by atoms with Crippen LogP contribution >= 0.6 is 75.3 Å². The smallest absolute Gasteiger partial charge is 0.271 e. The molecule has 0 spiro atoms. The number of rotatable bonds is 11. The van der Waals surface area contributed by atoms with Gasteiger partial charge in [-0.25, -0.2) is 29.9 Å². The summed E-state index contributed by atoms with van der Waals surface area (Å²) in [6.07, 6.45) is 34.5. The van der Waals surface area contributed by atoms with Gasteiger partial charge in [0.1, 0.15) is 24.1 Å². The number of hydrogen-bond acceptors (Lipinski definition) is 25. The van der Waals surface area contributed by atoms with Crippen molar-refractivity contribution in [1.82, 2.24) is 94.2 Å². The van der Waals surface area contributed by atoms with Gasteiger partial charge in [0.2, 0.25) is 9.47 Å². The van der Waals surface area contributed by atoms with Gasteiger partial charge < -0.3 is 31.1 Å². The number of hydrogen-bond donors (Lipinski definition) is 3. The van der Waals surface area contributed by atoms with Gasteiger partial charge in [-0.2, -0.15) is 14.5 Å². The first-order chi connectivity index (χ1) is 53.1. The molecule has 4 saturated heterocycles. The van der Waals surface area contributed by atoms with Crippen LogP contribution in [0.3, 0.4) is 0 Å². The van der Waals surface area contributed by atoms with Crippen LogP contribution in [0.15, 0.2) is 166 Å². The monoisotopic (exact) mass is 1770 g/mol. The average Bonchev–Trinajstić information content (AvgIpc) is 1.65. The number of nitro groups is 2. The van der Waals surface area contributed by atoms with Crippen LogP contribution in [-0.4, -0.2) is 220 Å². The molecule has 4 saturated carbocycles. The minimum Gasteiger partial charge on any atom is -0.399 e. The normalized spacial score (nSPS) is 17.0. The lowest BCUT2D eigenvalue weighted by Crippen LogP contribution is -2.47. The molecule has 10 heterocycles. The fourth-order valence-electron chi connectivity index (χ4n) is 12.9. The molecule has 0 unspecified atom stereocenters. The van der Waals surface area contributed by atoms with Crippen molar-refractivity contribution < 1.29 is 9.85 Å². The van der Waals surface area contributed by atoms with Gasteiger partial charge in [0.15, 0.2) is 16.4 Å². The van der Waals surface area contributed by atoms with E-state index in [4.69, 9.17) is 23.1 Å². The second kappa shape index (κ2) is 42.7. The number of nitrogens with one attached hydrogen (secondary N) is 1. The summed E-state index contributed by atoms with van der Waals surface area (Å²) < 4.78 is 5.56. The van der Waals surface area contributed by atoms with Crippen molar-refractivity contribution in [2.45, 2.75) is 122 Å². The molecule has 10 aromatic rings. The third-order valence-corrected chi connectivity index (χ3v) is 20.5. The van der Waals surface area contributed by atoms with Crippen LogP contribution in [0.2, 0.25) is 5.15 Å². The number of H-pyrrole nitrogens is 1. The molecule has 4 aliphatic heterocycles. The summed E-state index contributed by atoms with van der Waals surface area (Å²) in [5.74, 6) is 1.30. The van der Waals surface area contributed by atoms with Crippen LogP contribution in [0.5, 0.6) is 0 Å². The number of anilines is 5. The van der Waals surface area contributed by atoms with Crippen LogP contribution < -0.4 is 26.2 Å². The zero-order valence-corrected chi connectivity index (χ0v) is 69.4. The lowest BCUT2D eigenvalue weighted by atomic mass is 10.1. The Balaban J connectivity index is 0.000000134.